The predicted molar refractivity (Wildman–Crippen MR) is 132 cm³/mol. The van der Waals surface area contributed by atoms with Gasteiger partial charge in [-0.3, -0.25) is 10.3 Å². The number of nitrogens with one attached hydrogen (secondary N) is 1. The second kappa shape index (κ2) is 9.84. The van der Waals surface area contributed by atoms with Crippen molar-refractivity contribution in [1.29, 1.82) is 0 Å². The molecule has 0 spiro atoms. The number of carbonyl (C=O) groups is 1. The first-order valence-electron chi connectivity index (χ1n) is 11.8. The Hall–Kier alpha value is -3.41. The van der Waals surface area contributed by atoms with Crippen molar-refractivity contribution in [3.63, 3.8) is 0 Å². The van der Waals surface area contributed by atoms with Gasteiger partial charge in [0.2, 0.25) is 0 Å². The number of aryl methyl sites for hydroxylation is 1. The fraction of sp³-hybridized carbons (Fsp3) is 0.357. The minimum Gasteiger partial charge on any atom is -0.482 e. The van der Waals surface area contributed by atoms with Crippen molar-refractivity contribution in [2.24, 2.45) is 0 Å². The van der Waals surface area contributed by atoms with Gasteiger partial charge in [-0.2, -0.15) is 0 Å². The zero-order valence-electron chi connectivity index (χ0n) is 20.2. The largest absolute Gasteiger partial charge is 0.482 e. The molecule has 0 saturated carbocycles. The molecule has 1 unspecified atom stereocenters. The summed E-state index contributed by atoms with van der Waals surface area (Å²) >= 11 is 0. The van der Waals surface area contributed by atoms with E-state index in [2.05, 4.69) is 23.3 Å². The van der Waals surface area contributed by atoms with Crippen LogP contribution in [-0.2, 0) is 16.8 Å². The van der Waals surface area contributed by atoms with E-state index in [-0.39, 0.29) is 18.3 Å². The van der Waals surface area contributed by atoms with Crippen molar-refractivity contribution in [1.82, 2.24) is 4.98 Å². The first-order chi connectivity index (χ1) is 16.3. The Morgan fingerprint density at radius 3 is 2.71 bits per heavy atom. The number of ether oxygens (including phenoxy) is 2. The molecule has 0 fully saturated rings. The summed E-state index contributed by atoms with van der Waals surface area (Å²) in [6.07, 6.45) is 5.86. The van der Waals surface area contributed by atoms with E-state index in [1.165, 1.54) is 12.1 Å². The topological polar surface area (TPSA) is 60.5 Å². The van der Waals surface area contributed by atoms with Gasteiger partial charge in [0.25, 0.3) is 0 Å². The maximum atomic E-state index is 13.2. The number of hydrogen-bond acceptors (Lipinski definition) is 4. The third kappa shape index (κ3) is 5.06. The molecule has 1 aliphatic rings. The molecule has 178 valence electrons. The number of halogens is 1. The Bertz CT molecular complexity index is 1170. The van der Waals surface area contributed by atoms with Crippen LogP contribution in [0.5, 0.6) is 5.75 Å². The molecule has 0 radical (unpaired) electrons. The SMILES string of the molecule is CCOC(=O)Nc1cc(C(C)CCCc2ccc(F)cc2)cc2c1-c1cnccc1C(C)(C)O2. The van der Waals surface area contributed by atoms with Crippen molar-refractivity contribution < 1.29 is 18.7 Å². The van der Waals surface area contributed by atoms with E-state index < -0.39 is 11.7 Å². The number of aromatic nitrogens is 1. The summed E-state index contributed by atoms with van der Waals surface area (Å²) in [4.78, 5) is 16.7. The number of amides is 1. The molecule has 0 aliphatic carbocycles. The highest BCUT2D eigenvalue weighted by Crippen LogP contribution is 2.49. The molecule has 4 rings (SSSR count). The fourth-order valence-corrected chi connectivity index (χ4v) is 4.53. The smallest absolute Gasteiger partial charge is 0.411 e. The van der Waals surface area contributed by atoms with Crippen LogP contribution in [-0.4, -0.2) is 17.7 Å². The molecule has 3 aromatic rings. The Balaban J connectivity index is 1.64. The molecule has 1 aromatic heterocycles. The summed E-state index contributed by atoms with van der Waals surface area (Å²) in [6.45, 7) is 8.30. The second-order valence-corrected chi connectivity index (χ2v) is 9.24. The van der Waals surface area contributed by atoms with Gasteiger partial charge < -0.3 is 9.47 Å². The van der Waals surface area contributed by atoms with Crippen molar-refractivity contribution in [2.75, 3.05) is 11.9 Å². The summed E-state index contributed by atoms with van der Waals surface area (Å²) in [5.41, 5.74) is 5.10. The molecule has 6 heteroatoms. The highest BCUT2D eigenvalue weighted by molar-refractivity contribution is 5.95. The van der Waals surface area contributed by atoms with Crippen LogP contribution in [0.25, 0.3) is 11.1 Å². The normalized spacial score (nSPS) is 14.4. The number of benzene rings is 2. The van der Waals surface area contributed by atoms with E-state index in [1.807, 2.05) is 44.3 Å². The maximum absolute atomic E-state index is 13.2. The summed E-state index contributed by atoms with van der Waals surface area (Å²) in [7, 11) is 0. The number of carbonyl (C=O) groups excluding carboxylic acids is 1. The first kappa shape index (κ1) is 23.7. The molecule has 2 heterocycles. The van der Waals surface area contributed by atoms with Gasteiger partial charge >= 0.3 is 6.09 Å². The van der Waals surface area contributed by atoms with Crippen LogP contribution in [0.1, 0.15) is 63.1 Å². The Morgan fingerprint density at radius 1 is 1.21 bits per heavy atom. The van der Waals surface area contributed by atoms with Crippen molar-refractivity contribution in [2.45, 2.75) is 58.5 Å². The van der Waals surface area contributed by atoms with Crippen LogP contribution in [0.15, 0.2) is 54.9 Å². The van der Waals surface area contributed by atoms with Crippen LogP contribution in [0.2, 0.25) is 0 Å². The number of nitrogens with zero attached hydrogens (tertiary/aromatic N) is 1. The average molecular weight is 463 g/mol. The van der Waals surface area contributed by atoms with Gasteiger partial charge in [-0.1, -0.05) is 19.1 Å². The lowest BCUT2D eigenvalue weighted by Crippen LogP contribution is -2.30. The fourth-order valence-electron chi connectivity index (χ4n) is 4.53. The predicted octanol–water partition coefficient (Wildman–Crippen LogP) is 7.21. The molecule has 1 N–H and O–H groups in total. The quantitative estimate of drug-likeness (QED) is 0.403. The van der Waals surface area contributed by atoms with Crippen LogP contribution in [0.3, 0.4) is 0 Å². The van der Waals surface area contributed by atoms with Crippen molar-refractivity contribution in [3.8, 4) is 16.9 Å². The first-order valence-corrected chi connectivity index (χ1v) is 11.8. The van der Waals surface area contributed by atoms with Crippen molar-refractivity contribution in [3.05, 3.63) is 77.4 Å². The highest BCUT2D eigenvalue weighted by atomic mass is 19.1. The molecule has 1 aliphatic heterocycles. The second-order valence-electron chi connectivity index (χ2n) is 9.24. The van der Waals surface area contributed by atoms with E-state index in [0.29, 0.717) is 5.69 Å². The zero-order valence-corrected chi connectivity index (χ0v) is 20.2. The Labute approximate surface area is 200 Å². The molecule has 0 saturated heterocycles. The Morgan fingerprint density at radius 2 is 1.97 bits per heavy atom. The third-order valence-corrected chi connectivity index (χ3v) is 6.33. The van der Waals surface area contributed by atoms with E-state index in [0.717, 1.165) is 52.8 Å². The number of pyridine rings is 1. The molecular weight excluding hydrogens is 431 g/mol. The van der Waals surface area contributed by atoms with E-state index in [9.17, 15) is 9.18 Å². The summed E-state index contributed by atoms with van der Waals surface area (Å²) in [5, 5.41) is 2.92. The van der Waals surface area contributed by atoms with Crippen LogP contribution in [0.4, 0.5) is 14.9 Å². The minimum absolute atomic E-state index is 0.215. The molecule has 1 amide bonds. The zero-order chi connectivity index (χ0) is 24.3. The van der Waals surface area contributed by atoms with Crippen molar-refractivity contribution >= 4 is 11.8 Å². The summed E-state index contributed by atoms with van der Waals surface area (Å²) in [6, 6.07) is 12.7. The highest BCUT2D eigenvalue weighted by Gasteiger charge is 2.35. The van der Waals surface area contributed by atoms with Gasteiger partial charge in [-0.25, -0.2) is 9.18 Å². The Kier molecular flexibility index (Phi) is 6.87. The standard InChI is InChI=1S/C28H31FN2O3/c1-5-33-27(32)31-24-15-20(18(2)7-6-8-19-9-11-21(29)12-10-19)16-25-26(24)22-17-30-14-13-23(22)28(3,4)34-25/h9-18H,5-8H2,1-4H3,(H,31,32). The van der Waals surface area contributed by atoms with E-state index in [1.54, 1.807) is 13.1 Å². The van der Waals surface area contributed by atoms with E-state index >= 15 is 0 Å². The molecule has 34 heavy (non-hydrogen) atoms. The summed E-state index contributed by atoms with van der Waals surface area (Å²) < 4.78 is 24.8. The maximum Gasteiger partial charge on any atom is 0.411 e. The monoisotopic (exact) mass is 462 g/mol. The summed E-state index contributed by atoms with van der Waals surface area (Å²) in [5.74, 6) is 0.739. The molecule has 1 atom stereocenters. The molecule has 5 nitrogen and oxygen atoms in total. The van der Waals surface area contributed by atoms with Crippen LogP contribution < -0.4 is 10.1 Å². The average Bonchev–Trinajstić information content (AvgIpc) is 2.80. The molecule has 0 bridgehead atoms. The lowest BCUT2D eigenvalue weighted by atomic mass is 9.84. The number of fused-ring (bicyclic) bond motifs is 3. The molecule has 2 aromatic carbocycles. The molecular formula is C28H31FN2O3. The third-order valence-electron chi connectivity index (χ3n) is 6.33. The van der Waals surface area contributed by atoms with Gasteiger partial charge in [0.05, 0.1) is 12.3 Å². The van der Waals surface area contributed by atoms with Gasteiger partial charge in [0, 0.05) is 29.1 Å². The van der Waals surface area contributed by atoms with Crippen LogP contribution in [0, 0.1) is 5.82 Å². The number of rotatable bonds is 7. The van der Waals surface area contributed by atoms with Gasteiger partial charge in [-0.05, 0) is 87.4 Å². The van der Waals surface area contributed by atoms with Gasteiger partial charge in [0.15, 0.2) is 0 Å². The van der Waals surface area contributed by atoms with Gasteiger partial charge in [-0.15, -0.1) is 0 Å². The lowest BCUT2D eigenvalue weighted by Gasteiger charge is -2.36. The lowest BCUT2D eigenvalue weighted by molar-refractivity contribution is 0.105. The number of hydrogen-bond donors (Lipinski definition) is 1. The number of anilines is 1. The minimum atomic E-state index is -0.531. The van der Waals surface area contributed by atoms with Crippen LogP contribution >= 0.6 is 0 Å². The van der Waals surface area contributed by atoms with E-state index in [4.69, 9.17) is 9.47 Å². The van der Waals surface area contributed by atoms with Gasteiger partial charge in [0.1, 0.15) is 17.2 Å².